The molecule has 0 aliphatic rings. The second-order valence-corrected chi connectivity index (χ2v) is 6.81. The van der Waals surface area contributed by atoms with Crippen molar-refractivity contribution in [2.24, 2.45) is 0 Å². The molecule has 6 nitrogen and oxygen atoms in total. The third-order valence-electron chi connectivity index (χ3n) is 3.92. The van der Waals surface area contributed by atoms with Gasteiger partial charge in [0.25, 0.3) is 5.91 Å². The summed E-state index contributed by atoms with van der Waals surface area (Å²) in [5, 5.41) is 2.86. The van der Waals surface area contributed by atoms with Crippen LogP contribution < -0.4 is 10.1 Å². The van der Waals surface area contributed by atoms with E-state index in [1.165, 1.54) is 6.33 Å². The Kier molecular flexibility index (Phi) is 5.16. The third-order valence-corrected chi connectivity index (χ3v) is 4.41. The van der Waals surface area contributed by atoms with Crippen LogP contribution in [0.25, 0.3) is 5.82 Å². The van der Waals surface area contributed by atoms with Crippen LogP contribution in [0, 0.1) is 0 Å². The van der Waals surface area contributed by atoms with Crippen LogP contribution in [0.1, 0.15) is 10.4 Å². The predicted octanol–water partition coefficient (Wildman–Crippen LogP) is 5.07. The van der Waals surface area contributed by atoms with E-state index in [1.807, 2.05) is 41.2 Å². The normalized spacial score (nSPS) is 10.5. The number of anilines is 1. The van der Waals surface area contributed by atoms with Crippen molar-refractivity contribution in [3.63, 3.8) is 0 Å². The first-order valence-electron chi connectivity index (χ1n) is 8.48. The Morgan fingerprint density at radius 2 is 1.75 bits per heavy atom. The summed E-state index contributed by atoms with van der Waals surface area (Å²) in [6, 6.07) is 19.9. The molecule has 4 aromatic rings. The minimum Gasteiger partial charge on any atom is -0.439 e. The fourth-order valence-corrected chi connectivity index (χ4v) is 2.97. The molecule has 0 fully saturated rings. The van der Waals surface area contributed by atoms with Gasteiger partial charge in [0.15, 0.2) is 0 Å². The first-order chi connectivity index (χ1) is 13.7. The van der Waals surface area contributed by atoms with Crippen molar-refractivity contribution < 1.29 is 9.53 Å². The number of carbonyl (C=O) groups is 1. The Bertz CT molecular complexity index is 1100. The molecule has 0 spiro atoms. The van der Waals surface area contributed by atoms with Crippen LogP contribution >= 0.6 is 15.9 Å². The maximum absolute atomic E-state index is 12.3. The molecule has 0 aliphatic carbocycles. The van der Waals surface area contributed by atoms with Gasteiger partial charge in [-0.15, -0.1) is 0 Å². The highest BCUT2D eigenvalue weighted by Gasteiger charge is 2.07. The molecular formula is C21H15BrN4O2. The molecule has 1 N–H and O–H groups in total. The van der Waals surface area contributed by atoms with Crippen molar-refractivity contribution in [2.45, 2.75) is 0 Å². The van der Waals surface area contributed by atoms with E-state index < -0.39 is 0 Å². The molecule has 138 valence electrons. The molecule has 0 saturated heterocycles. The van der Waals surface area contributed by atoms with Gasteiger partial charge in [-0.05, 0) is 54.6 Å². The molecule has 0 unspecified atom stereocenters. The van der Waals surface area contributed by atoms with E-state index >= 15 is 0 Å². The second-order valence-electron chi connectivity index (χ2n) is 5.90. The van der Waals surface area contributed by atoms with Crippen LogP contribution in [0.5, 0.6) is 11.6 Å². The van der Waals surface area contributed by atoms with E-state index in [9.17, 15) is 4.79 Å². The van der Waals surface area contributed by atoms with Gasteiger partial charge in [-0.1, -0.05) is 22.0 Å². The number of benzene rings is 2. The number of halogens is 1. The Morgan fingerprint density at radius 3 is 2.50 bits per heavy atom. The number of ether oxygens (including phenoxy) is 1. The number of carbonyl (C=O) groups excluding carboxylic acids is 1. The van der Waals surface area contributed by atoms with Crippen molar-refractivity contribution in [3.8, 4) is 17.4 Å². The third kappa shape index (κ3) is 4.27. The first kappa shape index (κ1) is 17.9. The van der Waals surface area contributed by atoms with Crippen molar-refractivity contribution in [1.82, 2.24) is 14.5 Å². The van der Waals surface area contributed by atoms with E-state index in [-0.39, 0.29) is 5.91 Å². The second kappa shape index (κ2) is 8.06. The zero-order valence-electron chi connectivity index (χ0n) is 14.6. The maximum Gasteiger partial charge on any atom is 0.255 e. The number of amides is 1. The van der Waals surface area contributed by atoms with Crippen molar-refractivity contribution in [3.05, 3.63) is 95.5 Å². The summed E-state index contributed by atoms with van der Waals surface area (Å²) in [5.41, 5.74) is 1.25. The maximum atomic E-state index is 12.3. The van der Waals surface area contributed by atoms with Crippen molar-refractivity contribution in [2.75, 3.05) is 5.32 Å². The highest BCUT2D eigenvalue weighted by molar-refractivity contribution is 9.10. The van der Waals surface area contributed by atoms with Gasteiger partial charge in [-0.25, -0.2) is 9.97 Å². The van der Waals surface area contributed by atoms with E-state index in [2.05, 4.69) is 31.2 Å². The highest BCUT2D eigenvalue weighted by Crippen LogP contribution is 2.23. The molecule has 2 aromatic carbocycles. The van der Waals surface area contributed by atoms with Gasteiger partial charge in [0, 0.05) is 34.2 Å². The molecule has 1 amide bonds. The van der Waals surface area contributed by atoms with Gasteiger partial charge in [0.2, 0.25) is 5.88 Å². The van der Waals surface area contributed by atoms with Gasteiger partial charge in [0.1, 0.15) is 17.9 Å². The zero-order chi connectivity index (χ0) is 19.3. The molecule has 0 bridgehead atoms. The smallest absolute Gasteiger partial charge is 0.255 e. The van der Waals surface area contributed by atoms with Crippen molar-refractivity contribution >= 4 is 27.5 Å². The van der Waals surface area contributed by atoms with Crippen LogP contribution in [-0.4, -0.2) is 20.4 Å². The summed E-state index contributed by atoms with van der Waals surface area (Å²) in [4.78, 5) is 20.7. The molecular weight excluding hydrogens is 420 g/mol. The van der Waals surface area contributed by atoms with E-state index in [4.69, 9.17) is 4.74 Å². The fourth-order valence-electron chi connectivity index (χ4n) is 2.57. The lowest BCUT2D eigenvalue weighted by molar-refractivity contribution is 0.102. The number of hydrogen-bond donors (Lipinski definition) is 1. The highest BCUT2D eigenvalue weighted by atomic mass is 79.9. The van der Waals surface area contributed by atoms with Gasteiger partial charge in [0.05, 0.1) is 0 Å². The van der Waals surface area contributed by atoms with E-state index in [0.717, 1.165) is 4.47 Å². The Labute approximate surface area is 170 Å². The number of nitrogens with one attached hydrogen (secondary N) is 1. The van der Waals surface area contributed by atoms with E-state index in [1.54, 1.807) is 42.5 Å². The number of rotatable bonds is 5. The monoisotopic (exact) mass is 434 g/mol. The Morgan fingerprint density at radius 1 is 0.964 bits per heavy atom. The number of hydrogen-bond acceptors (Lipinski definition) is 4. The molecule has 2 heterocycles. The number of aromatic nitrogens is 3. The summed E-state index contributed by atoms with van der Waals surface area (Å²) in [7, 11) is 0. The zero-order valence-corrected chi connectivity index (χ0v) is 16.2. The largest absolute Gasteiger partial charge is 0.439 e. The van der Waals surface area contributed by atoms with Gasteiger partial charge in [-0.2, -0.15) is 0 Å². The minimum absolute atomic E-state index is 0.179. The molecule has 0 saturated carbocycles. The average molecular weight is 435 g/mol. The van der Waals surface area contributed by atoms with Crippen LogP contribution in [0.15, 0.2) is 89.9 Å². The van der Waals surface area contributed by atoms with Gasteiger partial charge < -0.3 is 14.6 Å². The summed E-state index contributed by atoms with van der Waals surface area (Å²) in [6.07, 6.45) is 5.25. The summed E-state index contributed by atoms with van der Waals surface area (Å²) in [5.74, 6) is 1.58. The van der Waals surface area contributed by atoms with Crippen LogP contribution in [0.2, 0.25) is 0 Å². The first-order valence-corrected chi connectivity index (χ1v) is 9.27. The lowest BCUT2D eigenvalue weighted by Gasteiger charge is -2.09. The summed E-state index contributed by atoms with van der Waals surface area (Å²) >= 11 is 3.37. The fraction of sp³-hybridized carbons (Fsp3) is 0. The lowest BCUT2D eigenvalue weighted by Crippen LogP contribution is -2.11. The molecule has 28 heavy (non-hydrogen) atoms. The average Bonchev–Trinajstić information content (AvgIpc) is 3.25. The molecule has 4 rings (SSSR count). The lowest BCUT2D eigenvalue weighted by atomic mass is 10.2. The summed E-state index contributed by atoms with van der Waals surface area (Å²) in [6.45, 7) is 0. The standard InChI is InChI=1S/C21H15BrN4O2/c22-16-5-3-4-15(12-16)21(27)25-17-6-8-18(9-7-17)28-20-13-19(23-14-24-20)26-10-1-2-11-26/h1-14H,(H,25,27). The summed E-state index contributed by atoms with van der Waals surface area (Å²) < 4.78 is 8.52. The van der Waals surface area contributed by atoms with Crippen LogP contribution in [0.3, 0.4) is 0 Å². The molecule has 0 atom stereocenters. The Hall–Kier alpha value is -3.45. The molecule has 0 aliphatic heterocycles. The van der Waals surface area contributed by atoms with E-state index in [0.29, 0.717) is 28.7 Å². The molecule has 7 heteroatoms. The van der Waals surface area contributed by atoms with Crippen LogP contribution in [-0.2, 0) is 0 Å². The topological polar surface area (TPSA) is 69.0 Å². The molecule has 0 radical (unpaired) electrons. The predicted molar refractivity (Wildman–Crippen MR) is 110 cm³/mol. The van der Waals surface area contributed by atoms with Gasteiger partial charge in [-0.3, -0.25) is 4.79 Å². The van der Waals surface area contributed by atoms with Crippen LogP contribution in [0.4, 0.5) is 5.69 Å². The minimum atomic E-state index is -0.179. The molecule has 2 aromatic heterocycles. The van der Waals surface area contributed by atoms with Gasteiger partial charge >= 0.3 is 0 Å². The van der Waals surface area contributed by atoms with Crippen molar-refractivity contribution in [1.29, 1.82) is 0 Å². The number of nitrogens with zero attached hydrogens (tertiary/aromatic N) is 3. The Balaban J connectivity index is 1.44. The SMILES string of the molecule is O=C(Nc1ccc(Oc2cc(-n3cccc3)ncn2)cc1)c1cccc(Br)c1. The quantitative estimate of drug-likeness (QED) is 0.475.